The van der Waals surface area contributed by atoms with Gasteiger partial charge in [-0.2, -0.15) is 0 Å². The Kier molecular flexibility index (Phi) is 45.9. The van der Waals surface area contributed by atoms with Gasteiger partial charge in [-0.05, 0) is 57.8 Å². The van der Waals surface area contributed by atoms with Gasteiger partial charge in [0.2, 0.25) is 0 Å². The first-order valence-corrected chi connectivity index (χ1v) is 25.1. The van der Waals surface area contributed by atoms with Gasteiger partial charge < -0.3 is 14.2 Å². The van der Waals surface area contributed by atoms with Crippen molar-refractivity contribution in [1.82, 2.24) is 0 Å². The lowest BCUT2D eigenvalue weighted by Gasteiger charge is -2.18. The van der Waals surface area contributed by atoms with Crippen LogP contribution in [0.5, 0.6) is 0 Å². The minimum absolute atomic E-state index is 0.0782. The van der Waals surface area contributed by atoms with Crippen molar-refractivity contribution in [2.75, 3.05) is 13.2 Å². The normalized spacial score (nSPS) is 12.4. The maximum absolute atomic E-state index is 12.8. The predicted octanol–water partition coefficient (Wildman–Crippen LogP) is 16.3. The molecule has 59 heavy (non-hydrogen) atoms. The van der Waals surface area contributed by atoms with Crippen molar-refractivity contribution in [3.63, 3.8) is 0 Å². The summed E-state index contributed by atoms with van der Waals surface area (Å²) in [6.07, 6.45) is 56.7. The average Bonchev–Trinajstić information content (AvgIpc) is 3.23. The van der Waals surface area contributed by atoms with E-state index in [0.29, 0.717) is 19.3 Å². The Morgan fingerprint density at radius 3 is 1.03 bits per heavy atom. The molecule has 1 unspecified atom stereocenters. The van der Waals surface area contributed by atoms with Crippen LogP contribution in [0.25, 0.3) is 0 Å². The lowest BCUT2D eigenvalue weighted by atomic mass is 10.0. The Hall–Kier alpha value is -2.63. The summed E-state index contributed by atoms with van der Waals surface area (Å²) in [5, 5.41) is 0. The largest absolute Gasteiger partial charge is 0.462 e. The molecule has 0 aliphatic carbocycles. The number of rotatable bonds is 45. The van der Waals surface area contributed by atoms with Gasteiger partial charge in [0.1, 0.15) is 13.2 Å². The molecule has 0 rings (SSSR count). The first kappa shape index (κ1) is 56.4. The maximum Gasteiger partial charge on any atom is 0.306 e. The zero-order valence-corrected chi connectivity index (χ0v) is 39.0. The minimum Gasteiger partial charge on any atom is -0.462 e. The number of carbonyl (C=O) groups excluding carboxylic acids is 3. The van der Waals surface area contributed by atoms with Crippen LogP contribution in [0.15, 0.2) is 48.6 Å². The third-order valence-corrected chi connectivity index (χ3v) is 10.8. The van der Waals surface area contributed by atoms with Crippen LogP contribution in [0.3, 0.4) is 0 Å². The van der Waals surface area contributed by atoms with Gasteiger partial charge >= 0.3 is 17.9 Å². The molecule has 6 nitrogen and oxygen atoms in total. The zero-order valence-electron chi connectivity index (χ0n) is 39.0. The van der Waals surface area contributed by atoms with E-state index in [0.717, 1.165) is 96.3 Å². The highest BCUT2D eigenvalue weighted by molar-refractivity contribution is 5.71. The molecule has 6 heteroatoms. The van der Waals surface area contributed by atoms with Gasteiger partial charge in [-0.15, -0.1) is 0 Å². The summed E-state index contributed by atoms with van der Waals surface area (Å²) < 4.78 is 16.7. The smallest absolute Gasteiger partial charge is 0.306 e. The maximum atomic E-state index is 12.8. The molecule has 0 heterocycles. The van der Waals surface area contributed by atoms with E-state index in [9.17, 15) is 14.4 Å². The Morgan fingerprint density at radius 1 is 0.356 bits per heavy atom. The topological polar surface area (TPSA) is 78.9 Å². The Bertz CT molecular complexity index is 1040. The summed E-state index contributed by atoms with van der Waals surface area (Å²) in [6, 6.07) is 0. The zero-order chi connectivity index (χ0) is 43.0. The molecule has 1 atom stereocenters. The SMILES string of the molecule is CC/C=C\C/C=C\C/C=C\C/C=C\CCCCCCC(=O)OCC(COC(=O)CCCCCCCCCC)OC(=O)CCCCCCCCCCCCCCCCCC. The summed E-state index contributed by atoms with van der Waals surface area (Å²) in [6.45, 7) is 6.49. The van der Waals surface area contributed by atoms with Gasteiger partial charge in [-0.1, -0.05) is 223 Å². The molecule has 0 aliphatic heterocycles. The van der Waals surface area contributed by atoms with Crippen LogP contribution in [0.4, 0.5) is 0 Å². The molecule has 0 saturated heterocycles. The van der Waals surface area contributed by atoms with Gasteiger partial charge in [0.05, 0.1) is 0 Å². The van der Waals surface area contributed by atoms with Crippen LogP contribution in [-0.4, -0.2) is 37.2 Å². The molecule has 0 amide bonds. The molecule has 0 aliphatic rings. The number of hydrogen-bond acceptors (Lipinski definition) is 6. The molecular weight excluding hydrogens is 733 g/mol. The van der Waals surface area contributed by atoms with E-state index in [4.69, 9.17) is 14.2 Å². The van der Waals surface area contributed by atoms with E-state index < -0.39 is 6.10 Å². The Morgan fingerprint density at radius 2 is 0.661 bits per heavy atom. The third kappa shape index (κ3) is 46.3. The van der Waals surface area contributed by atoms with Crippen LogP contribution in [0, 0.1) is 0 Å². The number of ether oxygens (including phenoxy) is 3. The van der Waals surface area contributed by atoms with Gasteiger partial charge in [-0.25, -0.2) is 0 Å². The highest BCUT2D eigenvalue weighted by atomic mass is 16.6. The summed E-state index contributed by atoms with van der Waals surface area (Å²) in [7, 11) is 0. The fourth-order valence-electron chi connectivity index (χ4n) is 7.08. The number of hydrogen-bond donors (Lipinski definition) is 0. The Balaban J connectivity index is 4.32. The first-order valence-electron chi connectivity index (χ1n) is 25.1. The van der Waals surface area contributed by atoms with Gasteiger partial charge in [-0.3, -0.25) is 14.4 Å². The molecule has 0 aromatic carbocycles. The standard InChI is InChI=1S/C53H94O6/c1-4-7-10-13-16-19-21-23-25-27-29-30-32-34-37-40-43-46-52(55)58-49-50(48-57-51(54)45-42-39-36-18-15-12-9-6-3)59-53(56)47-44-41-38-35-33-31-28-26-24-22-20-17-14-11-8-5-2/h7,10,16,19,23,25,29-30,50H,4-6,8-9,11-15,17-18,20-22,24,26-28,31-49H2,1-3H3/b10-7-,19-16-,25-23-,30-29-. The molecule has 0 N–H and O–H groups in total. The monoisotopic (exact) mass is 827 g/mol. The molecule has 0 bridgehead atoms. The van der Waals surface area contributed by atoms with Crippen LogP contribution in [0.2, 0.25) is 0 Å². The molecular formula is C53H94O6. The van der Waals surface area contributed by atoms with E-state index in [1.165, 1.54) is 116 Å². The van der Waals surface area contributed by atoms with E-state index in [1.807, 2.05) is 0 Å². The number of esters is 3. The molecule has 0 aromatic heterocycles. The van der Waals surface area contributed by atoms with Crippen LogP contribution >= 0.6 is 0 Å². The van der Waals surface area contributed by atoms with Crippen molar-refractivity contribution in [2.24, 2.45) is 0 Å². The molecule has 0 radical (unpaired) electrons. The lowest BCUT2D eigenvalue weighted by Crippen LogP contribution is -2.30. The average molecular weight is 827 g/mol. The Labute approximate surface area is 365 Å². The fraction of sp³-hybridized carbons (Fsp3) is 0.792. The van der Waals surface area contributed by atoms with E-state index in [2.05, 4.69) is 69.4 Å². The van der Waals surface area contributed by atoms with Crippen LogP contribution in [0.1, 0.15) is 252 Å². The van der Waals surface area contributed by atoms with Crippen LogP contribution in [-0.2, 0) is 28.6 Å². The molecule has 342 valence electrons. The van der Waals surface area contributed by atoms with E-state index >= 15 is 0 Å². The van der Waals surface area contributed by atoms with Crippen LogP contribution < -0.4 is 0 Å². The summed E-state index contributed by atoms with van der Waals surface area (Å²) >= 11 is 0. The van der Waals surface area contributed by atoms with Crippen molar-refractivity contribution in [3.05, 3.63) is 48.6 Å². The second-order valence-corrected chi connectivity index (χ2v) is 16.7. The lowest BCUT2D eigenvalue weighted by molar-refractivity contribution is -0.167. The summed E-state index contributed by atoms with van der Waals surface area (Å²) in [5.41, 5.74) is 0. The molecule has 0 spiro atoms. The van der Waals surface area contributed by atoms with Gasteiger partial charge in [0, 0.05) is 19.3 Å². The van der Waals surface area contributed by atoms with Crippen molar-refractivity contribution < 1.29 is 28.6 Å². The quantitative estimate of drug-likeness (QED) is 0.0263. The number of unbranched alkanes of at least 4 members (excludes halogenated alkanes) is 26. The highest BCUT2D eigenvalue weighted by Gasteiger charge is 2.19. The van der Waals surface area contributed by atoms with E-state index in [1.54, 1.807) is 0 Å². The van der Waals surface area contributed by atoms with Gasteiger partial charge in [0.15, 0.2) is 6.10 Å². The fourth-order valence-corrected chi connectivity index (χ4v) is 7.08. The second-order valence-electron chi connectivity index (χ2n) is 16.7. The second kappa shape index (κ2) is 48.0. The summed E-state index contributed by atoms with van der Waals surface area (Å²) in [5.74, 6) is -0.900. The van der Waals surface area contributed by atoms with E-state index in [-0.39, 0.29) is 31.1 Å². The van der Waals surface area contributed by atoms with Crippen molar-refractivity contribution in [1.29, 1.82) is 0 Å². The molecule has 0 fully saturated rings. The predicted molar refractivity (Wildman–Crippen MR) is 252 cm³/mol. The van der Waals surface area contributed by atoms with Crippen molar-refractivity contribution >= 4 is 17.9 Å². The van der Waals surface area contributed by atoms with Gasteiger partial charge in [0.25, 0.3) is 0 Å². The highest BCUT2D eigenvalue weighted by Crippen LogP contribution is 2.15. The molecule has 0 saturated carbocycles. The first-order chi connectivity index (χ1) is 29.0. The van der Waals surface area contributed by atoms with Crippen molar-refractivity contribution in [3.8, 4) is 0 Å². The minimum atomic E-state index is -0.777. The van der Waals surface area contributed by atoms with Crippen molar-refractivity contribution in [2.45, 2.75) is 258 Å². The number of carbonyl (C=O) groups is 3. The number of allylic oxidation sites excluding steroid dienone is 8. The third-order valence-electron chi connectivity index (χ3n) is 10.8. The summed E-state index contributed by atoms with van der Waals surface area (Å²) in [4.78, 5) is 37.8. The molecule has 0 aromatic rings.